The Morgan fingerprint density at radius 2 is 1.86 bits per heavy atom. The predicted molar refractivity (Wildman–Crippen MR) is 56.1 cm³/mol. The lowest BCUT2D eigenvalue weighted by atomic mass is 10.00. The number of hydrogen-bond donors (Lipinski definition) is 2. The van der Waals surface area contributed by atoms with Crippen LogP contribution >= 0.6 is 0 Å². The molecule has 0 amide bonds. The summed E-state index contributed by atoms with van der Waals surface area (Å²) >= 11 is 0. The lowest BCUT2D eigenvalue weighted by Gasteiger charge is -2.28. The Bertz CT molecular complexity index is 141. The average Bonchev–Trinajstić information content (AvgIpc) is 2.13. The molecule has 4 nitrogen and oxygen atoms in total. The lowest BCUT2D eigenvalue weighted by molar-refractivity contribution is -0.0736. The molecule has 3 N–H and O–H groups in total. The zero-order valence-electron chi connectivity index (χ0n) is 9.56. The number of hydrogen-bond acceptors (Lipinski definition) is 4. The first-order chi connectivity index (χ1) is 6.52. The van der Waals surface area contributed by atoms with Crippen LogP contribution in [0, 0.1) is 5.92 Å². The molecule has 0 saturated carbocycles. The smallest absolute Gasteiger partial charge is 0.0963 e. The van der Waals surface area contributed by atoms with Crippen LogP contribution in [0.25, 0.3) is 0 Å². The first kappa shape index (κ1) is 13.8. The van der Waals surface area contributed by atoms with Gasteiger partial charge in [-0.2, -0.15) is 0 Å². The second-order valence-electron chi connectivity index (χ2n) is 3.94. The van der Waals surface area contributed by atoms with Crippen LogP contribution in [-0.4, -0.2) is 43.7 Å². The number of nitrogens with two attached hydrogens (primary N) is 1. The van der Waals surface area contributed by atoms with Crippen molar-refractivity contribution in [2.45, 2.75) is 39.0 Å². The molecule has 0 aromatic heterocycles. The summed E-state index contributed by atoms with van der Waals surface area (Å²) in [6.45, 7) is 6.39. The highest BCUT2D eigenvalue weighted by Gasteiger charge is 2.22. The lowest BCUT2D eigenvalue weighted by Crippen LogP contribution is -2.45. The molecule has 0 radical (unpaired) electrons. The summed E-state index contributed by atoms with van der Waals surface area (Å²) in [5.74, 6) is 0.293. The minimum atomic E-state index is -0.305. The Morgan fingerprint density at radius 1 is 1.29 bits per heavy atom. The third kappa shape index (κ3) is 4.91. The van der Waals surface area contributed by atoms with Gasteiger partial charge in [-0.3, -0.25) is 0 Å². The molecule has 0 aliphatic heterocycles. The molecular weight excluding hydrogens is 182 g/mol. The topological polar surface area (TPSA) is 64.7 Å². The van der Waals surface area contributed by atoms with Gasteiger partial charge in [-0.1, -0.05) is 13.8 Å². The van der Waals surface area contributed by atoms with Crippen molar-refractivity contribution in [3.63, 3.8) is 0 Å². The van der Waals surface area contributed by atoms with E-state index >= 15 is 0 Å². The van der Waals surface area contributed by atoms with Crippen molar-refractivity contribution in [3.05, 3.63) is 0 Å². The normalized spacial score (nSPS) is 18.2. The van der Waals surface area contributed by atoms with E-state index in [-0.39, 0.29) is 24.9 Å². The molecule has 0 saturated heterocycles. The van der Waals surface area contributed by atoms with E-state index in [9.17, 15) is 0 Å². The minimum Gasteiger partial charge on any atom is -0.394 e. The number of aliphatic hydroxyl groups excluding tert-OH is 1. The molecule has 4 heteroatoms. The highest BCUT2D eigenvalue weighted by atomic mass is 16.5. The number of rotatable bonds is 7. The molecule has 3 unspecified atom stereocenters. The molecule has 14 heavy (non-hydrogen) atoms. The zero-order chi connectivity index (χ0) is 11.1. The Kier molecular flexibility index (Phi) is 7.09. The van der Waals surface area contributed by atoms with Gasteiger partial charge in [-0.25, -0.2) is 0 Å². The van der Waals surface area contributed by atoms with Gasteiger partial charge >= 0.3 is 0 Å². The Hall–Kier alpha value is -0.160. The summed E-state index contributed by atoms with van der Waals surface area (Å²) in [6.07, 6.45) is -0.345. The zero-order valence-corrected chi connectivity index (χ0v) is 9.56. The van der Waals surface area contributed by atoms with Gasteiger partial charge in [0.2, 0.25) is 0 Å². The molecule has 0 rings (SSSR count). The van der Waals surface area contributed by atoms with Gasteiger partial charge < -0.3 is 20.3 Å². The molecule has 0 aromatic rings. The van der Waals surface area contributed by atoms with Gasteiger partial charge in [-0.05, 0) is 12.8 Å². The van der Waals surface area contributed by atoms with E-state index in [1.54, 1.807) is 7.11 Å². The fraction of sp³-hybridized carbons (Fsp3) is 1.00. The van der Waals surface area contributed by atoms with Crippen LogP contribution in [-0.2, 0) is 9.47 Å². The van der Waals surface area contributed by atoms with E-state index in [0.717, 1.165) is 0 Å². The van der Waals surface area contributed by atoms with Crippen LogP contribution in [0.1, 0.15) is 20.8 Å². The van der Waals surface area contributed by atoms with Crippen molar-refractivity contribution in [3.8, 4) is 0 Å². The summed E-state index contributed by atoms with van der Waals surface area (Å²) in [6, 6.07) is -0.140. The Morgan fingerprint density at radius 3 is 2.21 bits per heavy atom. The van der Waals surface area contributed by atoms with Crippen molar-refractivity contribution >= 4 is 0 Å². The summed E-state index contributed by atoms with van der Waals surface area (Å²) in [7, 11) is 1.62. The van der Waals surface area contributed by atoms with Crippen molar-refractivity contribution < 1.29 is 14.6 Å². The highest BCUT2D eigenvalue weighted by Crippen LogP contribution is 2.09. The van der Waals surface area contributed by atoms with Crippen molar-refractivity contribution in [1.29, 1.82) is 0 Å². The Labute approximate surface area is 86.4 Å². The van der Waals surface area contributed by atoms with Crippen LogP contribution in [0.4, 0.5) is 0 Å². The third-order valence-electron chi connectivity index (χ3n) is 2.19. The first-order valence-corrected chi connectivity index (χ1v) is 5.03. The maximum absolute atomic E-state index is 9.12. The summed E-state index contributed by atoms with van der Waals surface area (Å²) in [4.78, 5) is 0. The van der Waals surface area contributed by atoms with Gasteiger partial charge in [0.05, 0.1) is 25.4 Å². The third-order valence-corrected chi connectivity index (χ3v) is 2.19. The largest absolute Gasteiger partial charge is 0.394 e. The SMILES string of the molecule is COCC(C)OC(CO)C(N)C(C)C. The van der Waals surface area contributed by atoms with Gasteiger partial charge in [0, 0.05) is 13.2 Å². The number of ether oxygens (including phenoxy) is 2. The minimum absolute atomic E-state index is 0.0399. The summed E-state index contributed by atoms with van der Waals surface area (Å²) in [5, 5.41) is 9.12. The quantitative estimate of drug-likeness (QED) is 0.631. The summed E-state index contributed by atoms with van der Waals surface area (Å²) in [5.41, 5.74) is 5.89. The molecule has 3 atom stereocenters. The van der Waals surface area contributed by atoms with Crippen LogP contribution in [0.15, 0.2) is 0 Å². The molecule has 0 aliphatic rings. The van der Waals surface area contributed by atoms with E-state index in [4.69, 9.17) is 20.3 Å². The van der Waals surface area contributed by atoms with Crippen LogP contribution < -0.4 is 5.73 Å². The molecule has 0 fully saturated rings. The monoisotopic (exact) mass is 205 g/mol. The van der Waals surface area contributed by atoms with E-state index in [2.05, 4.69) is 0 Å². The van der Waals surface area contributed by atoms with Crippen molar-refractivity contribution in [2.24, 2.45) is 11.7 Å². The van der Waals surface area contributed by atoms with Crippen LogP contribution in [0.3, 0.4) is 0 Å². The standard InChI is InChI=1S/C10H23NO3/c1-7(2)10(11)9(5-12)14-8(3)6-13-4/h7-10,12H,5-6,11H2,1-4H3. The molecule has 0 heterocycles. The molecule has 0 aliphatic carbocycles. The maximum Gasteiger partial charge on any atom is 0.0963 e. The van der Waals surface area contributed by atoms with E-state index in [1.165, 1.54) is 0 Å². The first-order valence-electron chi connectivity index (χ1n) is 5.03. The predicted octanol–water partition coefficient (Wildman–Crippen LogP) is 0.382. The van der Waals surface area contributed by atoms with Crippen molar-refractivity contribution in [2.75, 3.05) is 20.3 Å². The summed E-state index contributed by atoms with van der Waals surface area (Å²) < 4.78 is 10.5. The number of methoxy groups -OCH3 is 1. The average molecular weight is 205 g/mol. The molecule has 0 spiro atoms. The van der Waals surface area contributed by atoms with Crippen LogP contribution in [0.5, 0.6) is 0 Å². The van der Waals surface area contributed by atoms with E-state index in [1.807, 2.05) is 20.8 Å². The Balaban J connectivity index is 4.01. The molecule has 0 aromatic carbocycles. The molecular formula is C10H23NO3. The van der Waals surface area contributed by atoms with Gasteiger partial charge in [0.25, 0.3) is 0 Å². The fourth-order valence-corrected chi connectivity index (χ4v) is 1.26. The second-order valence-corrected chi connectivity index (χ2v) is 3.94. The second kappa shape index (κ2) is 7.17. The van der Waals surface area contributed by atoms with E-state index in [0.29, 0.717) is 12.5 Å². The fourth-order valence-electron chi connectivity index (χ4n) is 1.26. The van der Waals surface area contributed by atoms with Gasteiger partial charge in [-0.15, -0.1) is 0 Å². The van der Waals surface area contributed by atoms with Crippen LogP contribution in [0.2, 0.25) is 0 Å². The highest BCUT2D eigenvalue weighted by molar-refractivity contribution is 4.76. The molecule has 0 bridgehead atoms. The number of aliphatic hydroxyl groups is 1. The molecule has 86 valence electrons. The van der Waals surface area contributed by atoms with Crippen molar-refractivity contribution in [1.82, 2.24) is 0 Å². The van der Waals surface area contributed by atoms with E-state index < -0.39 is 0 Å². The van der Waals surface area contributed by atoms with Gasteiger partial charge in [0.15, 0.2) is 0 Å². The van der Waals surface area contributed by atoms with Gasteiger partial charge in [0.1, 0.15) is 0 Å². The maximum atomic E-state index is 9.12.